The number of rotatable bonds is 5. The summed E-state index contributed by atoms with van der Waals surface area (Å²) in [5.41, 5.74) is 0.578. The van der Waals surface area contributed by atoms with Crippen molar-refractivity contribution in [2.45, 2.75) is 6.42 Å². The number of benzene rings is 1. The van der Waals surface area contributed by atoms with Gasteiger partial charge in [0.1, 0.15) is 23.5 Å². The third-order valence-corrected chi connectivity index (χ3v) is 3.32. The van der Waals surface area contributed by atoms with Crippen LogP contribution in [0.25, 0.3) is 0 Å². The third kappa shape index (κ3) is 3.94. The van der Waals surface area contributed by atoms with Gasteiger partial charge in [-0.1, -0.05) is 0 Å². The topological polar surface area (TPSA) is 68.1 Å². The Bertz CT molecular complexity index is 662. The van der Waals surface area contributed by atoms with Crippen LogP contribution in [0, 0.1) is 21.7 Å². The number of halogens is 3. The summed E-state index contributed by atoms with van der Waals surface area (Å²) >= 11 is 3.18. The Labute approximate surface area is 127 Å². The Balaban J connectivity index is 2.08. The van der Waals surface area contributed by atoms with Gasteiger partial charge in [0.15, 0.2) is 0 Å². The second kappa shape index (κ2) is 6.57. The summed E-state index contributed by atoms with van der Waals surface area (Å²) in [5, 5.41) is 13.8. The van der Waals surface area contributed by atoms with Gasteiger partial charge in [-0.2, -0.15) is 0 Å². The van der Waals surface area contributed by atoms with Gasteiger partial charge in [-0.15, -0.1) is 0 Å². The number of aromatic nitrogens is 1. The zero-order valence-corrected chi connectivity index (χ0v) is 12.2. The maximum atomic E-state index is 13.0. The van der Waals surface area contributed by atoms with Crippen LogP contribution in [-0.2, 0) is 6.42 Å². The number of pyridine rings is 1. The maximum absolute atomic E-state index is 13.0. The lowest BCUT2D eigenvalue weighted by Gasteiger charge is -2.09. The Morgan fingerprint density at radius 2 is 1.90 bits per heavy atom. The molecule has 0 amide bonds. The molecule has 2 rings (SSSR count). The zero-order valence-electron chi connectivity index (χ0n) is 10.6. The van der Waals surface area contributed by atoms with Crippen molar-refractivity contribution in [1.29, 1.82) is 0 Å². The van der Waals surface area contributed by atoms with Gasteiger partial charge in [0.05, 0.1) is 9.40 Å². The molecular weight excluding hydrogens is 348 g/mol. The summed E-state index contributed by atoms with van der Waals surface area (Å²) in [7, 11) is 0. The van der Waals surface area contributed by atoms with E-state index in [0.29, 0.717) is 16.5 Å². The molecule has 0 saturated carbocycles. The quantitative estimate of drug-likeness (QED) is 0.654. The first-order chi connectivity index (χ1) is 9.97. The number of nitro groups is 1. The van der Waals surface area contributed by atoms with E-state index in [4.69, 9.17) is 0 Å². The van der Waals surface area contributed by atoms with Crippen LogP contribution >= 0.6 is 15.9 Å². The summed E-state index contributed by atoms with van der Waals surface area (Å²) < 4.78 is 26.5. The lowest BCUT2D eigenvalue weighted by atomic mass is 10.1. The van der Waals surface area contributed by atoms with Crippen molar-refractivity contribution in [2.24, 2.45) is 0 Å². The average Bonchev–Trinajstić information content (AvgIpc) is 2.39. The number of nitrogens with zero attached hydrogens (tertiary/aromatic N) is 2. The third-order valence-electron chi connectivity index (χ3n) is 2.71. The van der Waals surface area contributed by atoms with E-state index in [1.807, 2.05) is 0 Å². The van der Waals surface area contributed by atoms with Crippen LogP contribution in [0.2, 0.25) is 0 Å². The van der Waals surface area contributed by atoms with Crippen LogP contribution in [0.4, 0.5) is 20.2 Å². The molecule has 0 fully saturated rings. The lowest BCUT2D eigenvalue weighted by Crippen LogP contribution is -2.08. The van der Waals surface area contributed by atoms with E-state index < -0.39 is 16.6 Å². The first-order valence-electron chi connectivity index (χ1n) is 5.94. The number of hydrogen-bond acceptors (Lipinski definition) is 4. The van der Waals surface area contributed by atoms with E-state index >= 15 is 0 Å². The van der Waals surface area contributed by atoms with Gasteiger partial charge in [0.2, 0.25) is 0 Å². The van der Waals surface area contributed by atoms with Gasteiger partial charge in [0.25, 0.3) is 0 Å². The summed E-state index contributed by atoms with van der Waals surface area (Å²) in [4.78, 5) is 14.1. The van der Waals surface area contributed by atoms with Crippen molar-refractivity contribution in [2.75, 3.05) is 11.9 Å². The second-order valence-corrected chi connectivity index (χ2v) is 5.08. The minimum atomic E-state index is -0.652. The van der Waals surface area contributed by atoms with E-state index in [9.17, 15) is 18.9 Å². The van der Waals surface area contributed by atoms with Crippen LogP contribution in [0.5, 0.6) is 0 Å². The molecule has 0 radical (unpaired) electrons. The van der Waals surface area contributed by atoms with Crippen molar-refractivity contribution in [1.82, 2.24) is 4.98 Å². The van der Waals surface area contributed by atoms with Crippen LogP contribution in [-0.4, -0.2) is 16.5 Å². The molecule has 1 aromatic carbocycles. The predicted molar refractivity (Wildman–Crippen MR) is 77.1 cm³/mol. The van der Waals surface area contributed by atoms with Crippen molar-refractivity contribution in [3.8, 4) is 0 Å². The molecule has 110 valence electrons. The fraction of sp³-hybridized carbons (Fsp3) is 0.154. The highest BCUT2D eigenvalue weighted by Gasteiger charge is 2.16. The Hall–Kier alpha value is -2.09. The van der Waals surface area contributed by atoms with Gasteiger partial charge in [-0.3, -0.25) is 15.1 Å². The largest absolute Gasteiger partial charge is 0.378 e. The van der Waals surface area contributed by atoms with Gasteiger partial charge in [-0.25, -0.2) is 8.78 Å². The summed E-state index contributed by atoms with van der Waals surface area (Å²) in [5.74, 6) is -1.30. The molecular formula is C13H10BrF2N3O2. The van der Waals surface area contributed by atoms with E-state index in [0.717, 1.165) is 12.3 Å². The number of nitrogens with one attached hydrogen (secondary N) is 1. The van der Waals surface area contributed by atoms with Crippen molar-refractivity contribution in [3.63, 3.8) is 0 Å². The fourth-order valence-corrected chi connectivity index (χ4v) is 2.29. The Morgan fingerprint density at radius 3 is 2.52 bits per heavy atom. The molecule has 0 bridgehead atoms. The smallest absolute Gasteiger partial charge is 0.311 e. The summed E-state index contributed by atoms with van der Waals surface area (Å²) in [6.45, 7) is 0.284. The van der Waals surface area contributed by atoms with Gasteiger partial charge in [-0.05, 0) is 40.0 Å². The predicted octanol–water partition coefficient (Wildman–Crippen LogP) is 3.69. The molecule has 0 unspecified atom stereocenters. The van der Waals surface area contributed by atoms with E-state index in [1.165, 1.54) is 18.3 Å². The number of hydrogen-bond donors (Lipinski definition) is 1. The van der Waals surface area contributed by atoms with Crippen molar-refractivity contribution < 1.29 is 13.7 Å². The molecule has 5 nitrogen and oxygen atoms in total. The molecule has 0 saturated heterocycles. The molecule has 0 aliphatic heterocycles. The maximum Gasteiger partial charge on any atom is 0.311 e. The highest BCUT2D eigenvalue weighted by atomic mass is 79.9. The monoisotopic (exact) mass is 357 g/mol. The van der Waals surface area contributed by atoms with Gasteiger partial charge in [0, 0.05) is 18.8 Å². The Kier molecular flexibility index (Phi) is 4.79. The summed E-state index contributed by atoms with van der Waals surface area (Å²) in [6, 6.07) is 3.24. The molecule has 1 N–H and O–H groups in total. The van der Waals surface area contributed by atoms with Crippen LogP contribution in [0.15, 0.2) is 35.1 Å². The van der Waals surface area contributed by atoms with Crippen LogP contribution in [0.3, 0.4) is 0 Å². The zero-order chi connectivity index (χ0) is 15.4. The van der Waals surface area contributed by atoms with Gasteiger partial charge < -0.3 is 5.32 Å². The average molecular weight is 358 g/mol. The molecule has 2 aromatic rings. The van der Waals surface area contributed by atoms with Crippen LogP contribution in [0.1, 0.15) is 5.56 Å². The highest BCUT2D eigenvalue weighted by molar-refractivity contribution is 9.10. The van der Waals surface area contributed by atoms with E-state index in [2.05, 4.69) is 26.2 Å². The lowest BCUT2D eigenvalue weighted by molar-refractivity contribution is -0.384. The van der Waals surface area contributed by atoms with Crippen LogP contribution < -0.4 is 5.32 Å². The fourth-order valence-electron chi connectivity index (χ4n) is 1.83. The highest BCUT2D eigenvalue weighted by Crippen LogP contribution is 2.30. The molecule has 0 spiro atoms. The Morgan fingerprint density at radius 1 is 1.24 bits per heavy atom. The molecule has 1 heterocycles. The van der Waals surface area contributed by atoms with Crippen molar-refractivity contribution in [3.05, 3.63) is 62.4 Å². The van der Waals surface area contributed by atoms with Gasteiger partial charge >= 0.3 is 5.69 Å². The molecule has 0 atom stereocenters. The normalized spacial score (nSPS) is 10.4. The molecule has 0 aliphatic carbocycles. The van der Waals surface area contributed by atoms with E-state index in [-0.39, 0.29) is 17.9 Å². The number of anilines is 1. The molecule has 21 heavy (non-hydrogen) atoms. The minimum Gasteiger partial charge on any atom is -0.378 e. The molecule has 1 aromatic heterocycles. The minimum absolute atomic E-state index is 0.171. The summed E-state index contributed by atoms with van der Waals surface area (Å²) in [6.07, 6.45) is 2.88. The second-order valence-electron chi connectivity index (χ2n) is 4.23. The standard InChI is InChI=1S/C13H10BrF2N3O2/c14-11-6-17-7-12(19(20)21)13(11)18-2-1-8-3-9(15)5-10(16)4-8/h3-7H,1-2H2,(H,17,18). The first kappa shape index (κ1) is 15.3. The van der Waals surface area contributed by atoms with E-state index in [1.54, 1.807) is 0 Å². The molecule has 8 heteroatoms. The SMILES string of the molecule is O=[N+]([O-])c1cncc(Br)c1NCCc1cc(F)cc(F)c1. The first-order valence-corrected chi connectivity index (χ1v) is 6.73. The molecule has 0 aliphatic rings. The van der Waals surface area contributed by atoms with Crippen molar-refractivity contribution >= 4 is 27.3 Å².